The number of carboxylic acids is 1. The normalized spacial score (nSPS) is 11.3. The van der Waals surface area contributed by atoms with Crippen LogP contribution in [-0.4, -0.2) is 18.2 Å². The van der Waals surface area contributed by atoms with Gasteiger partial charge in [-0.25, -0.2) is 0 Å². The van der Waals surface area contributed by atoms with Crippen molar-refractivity contribution in [3.8, 4) is 5.75 Å². The van der Waals surface area contributed by atoms with E-state index in [4.69, 9.17) is 9.84 Å². The number of hydrogen-bond acceptors (Lipinski definition) is 2. The Morgan fingerprint density at radius 1 is 1.41 bits per heavy atom. The summed E-state index contributed by atoms with van der Waals surface area (Å²) < 4.78 is 42.0. The van der Waals surface area contributed by atoms with Crippen molar-refractivity contribution in [3.63, 3.8) is 0 Å². The maximum absolute atomic E-state index is 12.4. The molecule has 0 spiro atoms. The lowest BCUT2D eigenvalue weighted by molar-refractivity contribution is -0.138. The van der Waals surface area contributed by atoms with Gasteiger partial charge in [0.1, 0.15) is 5.75 Å². The number of alkyl halides is 3. The van der Waals surface area contributed by atoms with Gasteiger partial charge in [-0.1, -0.05) is 6.07 Å². The molecule has 94 valence electrons. The number of aliphatic carboxylic acids is 1. The Hall–Kier alpha value is -1.72. The summed E-state index contributed by atoms with van der Waals surface area (Å²) in [6, 6.07) is 3.03. The molecular formula is C11H11F3O3. The topological polar surface area (TPSA) is 46.5 Å². The molecule has 0 fully saturated rings. The maximum Gasteiger partial charge on any atom is 0.416 e. The van der Waals surface area contributed by atoms with Crippen molar-refractivity contribution in [2.24, 2.45) is 0 Å². The molecule has 0 heterocycles. The van der Waals surface area contributed by atoms with E-state index in [0.717, 1.165) is 12.1 Å². The zero-order valence-electron chi connectivity index (χ0n) is 9.04. The van der Waals surface area contributed by atoms with Crippen molar-refractivity contribution in [1.29, 1.82) is 0 Å². The van der Waals surface area contributed by atoms with Crippen molar-refractivity contribution in [2.75, 3.05) is 7.11 Å². The molecular weight excluding hydrogens is 237 g/mol. The second-order valence-electron chi connectivity index (χ2n) is 3.42. The van der Waals surface area contributed by atoms with Crippen LogP contribution in [-0.2, 0) is 17.4 Å². The van der Waals surface area contributed by atoms with Crippen LogP contribution in [0.3, 0.4) is 0 Å². The van der Waals surface area contributed by atoms with Crippen molar-refractivity contribution in [1.82, 2.24) is 0 Å². The third-order valence-corrected chi connectivity index (χ3v) is 2.22. The van der Waals surface area contributed by atoms with E-state index in [0.29, 0.717) is 5.56 Å². The molecule has 0 aliphatic heterocycles. The summed E-state index contributed by atoms with van der Waals surface area (Å²) in [5.74, 6) is -0.951. The first-order valence-electron chi connectivity index (χ1n) is 4.80. The van der Waals surface area contributed by atoms with Gasteiger partial charge in [0.05, 0.1) is 12.7 Å². The predicted molar refractivity (Wildman–Crippen MR) is 54.0 cm³/mol. The monoisotopic (exact) mass is 248 g/mol. The van der Waals surface area contributed by atoms with Crippen LogP contribution in [0.4, 0.5) is 13.2 Å². The van der Waals surface area contributed by atoms with Gasteiger partial charge in [-0.2, -0.15) is 13.2 Å². The molecule has 0 unspecified atom stereocenters. The summed E-state index contributed by atoms with van der Waals surface area (Å²) in [4.78, 5) is 10.4. The Labute approximate surface area is 95.8 Å². The highest BCUT2D eigenvalue weighted by atomic mass is 19.4. The third kappa shape index (κ3) is 3.65. The highest BCUT2D eigenvalue weighted by molar-refractivity contribution is 5.67. The smallest absolute Gasteiger partial charge is 0.416 e. The van der Waals surface area contributed by atoms with E-state index >= 15 is 0 Å². The molecule has 1 N–H and O–H groups in total. The lowest BCUT2D eigenvalue weighted by atomic mass is 10.1. The van der Waals surface area contributed by atoms with E-state index in [1.165, 1.54) is 13.2 Å². The average molecular weight is 248 g/mol. The molecule has 1 aromatic carbocycles. The molecule has 3 nitrogen and oxygen atoms in total. The van der Waals surface area contributed by atoms with E-state index in [-0.39, 0.29) is 18.6 Å². The SMILES string of the molecule is COc1cc(C(F)(F)F)ccc1CCC(=O)O. The van der Waals surface area contributed by atoms with Gasteiger partial charge in [0, 0.05) is 6.42 Å². The Kier molecular flexibility index (Phi) is 3.98. The first kappa shape index (κ1) is 13.3. The van der Waals surface area contributed by atoms with Gasteiger partial charge in [-0.3, -0.25) is 4.79 Å². The minimum absolute atomic E-state index is 0.0566. The lowest BCUT2D eigenvalue weighted by Gasteiger charge is -2.12. The Bertz CT molecular complexity index is 413. The number of methoxy groups -OCH3 is 1. The number of hydrogen-bond donors (Lipinski definition) is 1. The van der Waals surface area contributed by atoms with Crippen LogP contribution in [0.2, 0.25) is 0 Å². The van der Waals surface area contributed by atoms with Crippen LogP contribution in [0.1, 0.15) is 17.5 Å². The second-order valence-corrected chi connectivity index (χ2v) is 3.42. The largest absolute Gasteiger partial charge is 0.496 e. The summed E-state index contributed by atoms with van der Waals surface area (Å²) in [6.07, 6.45) is -4.45. The van der Waals surface area contributed by atoms with Crippen LogP contribution in [0.5, 0.6) is 5.75 Å². The summed E-state index contributed by atoms with van der Waals surface area (Å²) >= 11 is 0. The molecule has 0 saturated carbocycles. The number of halogens is 3. The van der Waals surface area contributed by atoms with Crippen molar-refractivity contribution in [2.45, 2.75) is 19.0 Å². The van der Waals surface area contributed by atoms with Gasteiger partial charge in [-0.05, 0) is 24.1 Å². The van der Waals surface area contributed by atoms with Gasteiger partial charge in [0.15, 0.2) is 0 Å². The number of aryl methyl sites for hydroxylation is 1. The Morgan fingerprint density at radius 3 is 2.53 bits per heavy atom. The van der Waals surface area contributed by atoms with Crippen LogP contribution >= 0.6 is 0 Å². The van der Waals surface area contributed by atoms with Gasteiger partial charge in [0.25, 0.3) is 0 Å². The number of ether oxygens (including phenoxy) is 1. The van der Waals surface area contributed by atoms with Crippen LogP contribution in [0, 0.1) is 0 Å². The third-order valence-electron chi connectivity index (χ3n) is 2.22. The zero-order chi connectivity index (χ0) is 13.1. The molecule has 0 aliphatic carbocycles. The van der Waals surface area contributed by atoms with E-state index in [9.17, 15) is 18.0 Å². The molecule has 1 rings (SSSR count). The van der Waals surface area contributed by atoms with Gasteiger partial charge in [0.2, 0.25) is 0 Å². The molecule has 0 aliphatic rings. The number of carbonyl (C=O) groups is 1. The predicted octanol–water partition coefficient (Wildman–Crippen LogP) is 2.73. The molecule has 0 radical (unpaired) electrons. The van der Waals surface area contributed by atoms with Crippen LogP contribution in [0.15, 0.2) is 18.2 Å². The number of carboxylic acid groups (broad SMARTS) is 1. The Balaban J connectivity index is 2.97. The molecule has 0 saturated heterocycles. The van der Waals surface area contributed by atoms with E-state index in [2.05, 4.69) is 0 Å². The van der Waals surface area contributed by atoms with E-state index in [1.807, 2.05) is 0 Å². The van der Waals surface area contributed by atoms with Crippen LogP contribution in [0.25, 0.3) is 0 Å². The number of rotatable bonds is 4. The fraction of sp³-hybridized carbons (Fsp3) is 0.364. The zero-order valence-corrected chi connectivity index (χ0v) is 9.04. The van der Waals surface area contributed by atoms with Crippen molar-refractivity contribution >= 4 is 5.97 Å². The molecule has 17 heavy (non-hydrogen) atoms. The first-order valence-corrected chi connectivity index (χ1v) is 4.80. The quantitative estimate of drug-likeness (QED) is 0.891. The average Bonchev–Trinajstić information content (AvgIpc) is 2.24. The minimum Gasteiger partial charge on any atom is -0.496 e. The highest BCUT2D eigenvalue weighted by Gasteiger charge is 2.31. The Morgan fingerprint density at radius 2 is 2.06 bits per heavy atom. The molecule has 1 aromatic rings. The lowest BCUT2D eigenvalue weighted by Crippen LogP contribution is -2.06. The van der Waals surface area contributed by atoms with Crippen molar-refractivity contribution in [3.05, 3.63) is 29.3 Å². The van der Waals surface area contributed by atoms with E-state index in [1.54, 1.807) is 0 Å². The van der Waals surface area contributed by atoms with E-state index < -0.39 is 17.7 Å². The fourth-order valence-corrected chi connectivity index (χ4v) is 1.37. The van der Waals surface area contributed by atoms with Crippen LogP contribution < -0.4 is 4.74 Å². The number of benzene rings is 1. The van der Waals surface area contributed by atoms with Gasteiger partial charge in [-0.15, -0.1) is 0 Å². The maximum atomic E-state index is 12.4. The van der Waals surface area contributed by atoms with Gasteiger partial charge < -0.3 is 9.84 Å². The van der Waals surface area contributed by atoms with Crippen molar-refractivity contribution < 1.29 is 27.8 Å². The second kappa shape index (κ2) is 5.07. The molecule has 6 heteroatoms. The minimum atomic E-state index is -4.43. The summed E-state index contributed by atoms with van der Waals surface area (Å²) in [5.41, 5.74) is -0.365. The standard InChI is InChI=1S/C11H11F3O3/c1-17-9-6-8(11(12,13)14)4-2-7(9)3-5-10(15)16/h2,4,6H,3,5H2,1H3,(H,15,16). The molecule has 0 aromatic heterocycles. The summed E-state index contributed by atoms with van der Waals surface area (Å²) in [5, 5.41) is 8.50. The fourth-order valence-electron chi connectivity index (χ4n) is 1.37. The summed E-state index contributed by atoms with van der Waals surface area (Å²) in [7, 11) is 1.25. The molecule has 0 amide bonds. The first-order chi connectivity index (χ1) is 7.84. The molecule has 0 atom stereocenters. The summed E-state index contributed by atoms with van der Waals surface area (Å²) in [6.45, 7) is 0. The highest BCUT2D eigenvalue weighted by Crippen LogP contribution is 2.33. The van der Waals surface area contributed by atoms with Gasteiger partial charge >= 0.3 is 12.1 Å². The molecule has 0 bridgehead atoms.